The first-order chi connectivity index (χ1) is 13.0. The smallest absolute Gasteiger partial charge is 0.338 e. The van der Waals surface area contributed by atoms with E-state index in [0.29, 0.717) is 30.0 Å². The van der Waals surface area contributed by atoms with Crippen molar-refractivity contribution in [1.82, 2.24) is 10.2 Å². The van der Waals surface area contributed by atoms with Gasteiger partial charge in [-0.25, -0.2) is 9.59 Å². The number of ether oxygens (including phenoxy) is 1. The largest absolute Gasteiger partial charge is 0.465 e. The molecule has 0 unspecified atom stereocenters. The molecule has 0 atom stereocenters. The first-order valence-corrected chi connectivity index (χ1v) is 8.59. The van der Waals surface area contributed by atoms with Gasteiger partial charge in [0, 0.05) is 18.2 Å². The molecule has 2 heterocycles. The normalized spacial score (nSPS) is 15.4. The second kappa shape index (κ2) is 7.49. The number of carbonyl (C=O) groups is 3. The number of hydrogen-bond acceptors (Lipinski definition) is 5. The van der Waals surface area contributed by atoms with Crippen LogP contribution in [0.25, 0.3) is 17.4 Å². The van der Waals surface area contributed by atoms with E-state index in [1.54, 1.807) is 24.3 Å². The highest BCUT2D eigenvalue weighted by Crippen LogP contribution is 2.29. The predicted molar refractivity (Wildman–Crippen MR) is 98.7 cm³/mol. The molecule has 1 fully saturated rings. The lowest BCUT2D eigenvalue weighted by atomic mass is 10.0. The number of imide groups is 1. The standard InChI is InChI=1S/C20H20N2O5/c1-4-10-22-18(23)16(21-20(22)25)11-13-8-9-17(27-13)14-6-5-7-15(12(14)2)19(24)26-3/h5-9,11H,4,10H2,1-3H3,(H,21,25)/b16-11+. The van der Waals surface area contributed by atoms with Crippen molar-refractivity contribution in [2.45, 2.75) is 20.3 Å². The van der Waals surface area contributed by atoms with Gasteiger partial charge in [0.2, 0.25) is 0 Å². The number of methoxy groups -OCH3 is 1. The summed E-state index contributed by atoms with van der Waals surface area (Å²) in [6.45, 7) is 4.07. The van der Waals surface area contributed by atoms with Crippen molar-refractivity contribution >= 4 is 24.0 Å². The highest BCUT2D eigenvalue weighted by atomic mass is 16.5. The fourth-order valence-electron chi connectivity index (χ4n) is 2.95. The summed E-state index contributed by atoms with van der Waals surface area (Å²) < 4.78 is 10.6. The molecule has 1 aliphatic heterocycles. The van der Waals surface area contributed by atoms with Gasteiger partial charge in [-0.2, -0.15) is 0 Å². The van der Waals surface area contributed by atoms with Crippen molar-refractivity contribution < 1.29 is 23.5 Å². The van der Waals surface area contributed by atoms with Crippen molar-refractivity contribution in [3.05, 3.63) is 52.9 Å². The lowest BCUT2D eigenvalue weighted by molar-refractivity contribution is -0.122. The van der Waals surface area contributed by atoms with Crippen molar-refractivity contribution in [2.75, 3.05) is 13.7 Å². The van der Waals surface area contributed by atoms with Gasteiger partial charge in [-0.15, -0.1) is 0 Å². The van der Waals surface area contributed by atoms with Gasteiger partial charge < -0.3 is 14.5 Å². The van der Waals surface area contributed by atoms with Crippen LogP contribution in [0.4, 0.5) is 4.79 Å². The van der Waals surface area contributed by atoms with Crippen LogP contribution in [0.5, 0.6) is 0 Å². The summed E-state index contributed by atoms with van der Waals surface area (Å²) in [6.07, 6.45) is 2.19. The zero-order valence-corrected chi connectivity index (χ0v) is 15.4. The van der Waals surface area contributed by atoms with Crippen LogP contribution in [0, 0.1) is 6.92 Å². The van der Waals surface area contributed by atoms with Crippen molar-refractivity contribution in [3.63, 3.8) is 0 Å². The van der Waals surface area contributed by atoms with Crippen molar-refractivity contribution in [1.29, 1.82) is 0 Å². The van der Waals surface area contributed by atoms with Gasteiger partial charge in [-0.3, -0.25) is 9.69 Å². The van der Waals surface area contributed by atoms with Crippen LogP contribution in [0.1, 0.15) is 35.0 Å². The second-order valence-electron chi connectivity index (χ2n) is 6.12. The van der Waals surface area contributed by atoms with E-state index in [4.69, 9.17) is 9.15 Å². The quantitative estimate of drug-likeness (QED) is 0.497. The number of nitrogens with zero attached hydrogens (tertiary/aromatic N) is 1. The van der Waals surface area contributed by atoms with Crippen LogP contribution in [0.3, 0.4) is 0 Å². The Morgan fingerprint density at radius 1 is 1.26 bits per heavy atom. The van der Waals surface area contributed by atoms with Gasteiger partial charge in [0.1, 0.15) is 17.2 Å². The molecule has 1 N–H and O–H groups in total. The Morgan fingerprint density at radius 2 is 2.04 bits per heavy atom. The summed E-state index contributed by atoms with van der Waals surface area (Å²) in [5.41, 5.74) is 2.11. The number of amides is 3. The third-order valence-electron chi connectivity index (χ3n) is 4.33. The number of rotatable bonds is 5. The molecule has 1 aromatic heterocycles. The van der Waals surface area contributed by atoms with Gasteiger partial charge in [0.15, 0.2) is 0 Å². The molecule has 7 nitrogen and oxygen atoms in total. The lowest BCUT2D eigenvalue weighted by Gasteiger charge is -2.08. The molecule has 3 rings (SSSR count). The number of hydrogen-bond donors (Lipinski definition) is 1. The number of nitrogens with one attached hydrogen (secondary N) is 1. The summed E-state index contributed by atoms with van der Waals surface area (Å²) >= 11 is 0. The molecular formula is C20H20N2O5. The van der Waals surface area contributed by atoms with Crippen LogP contribution >= 0.6 is 0 Å². The number of esters is 1. The SMILES string of the molecule is CCCN1C(=O)N/C(=C/c2ccc(-c3cccc(C(=O)OC)c3C)o2)C1=O. The highest BCUT2D eigenvalue weighted by molar-refractivity contribution is 6.13. The molecule has 2 aromatic rings. The van der Waals surface area contributed by atoms with E-state index in [1.165, 1.54) is 18.1 Å². The molecule has 0 aliphatic carbocycles. The van der Waals surface area contributed by atoms with Crippen molar-refractivity contribution in [2.24, 2.45) is 0 Å². The Kier molecular flexibility index (Phi) is 5.12. The van der Waals surface area contributed by atoms with Crippen molar-refractivity contribution in [3.8, 4) is 11.3 Å². The fourth-order valence-corrected chi connectivity index (χ4v) is 2.95. The molecule has 7 heteroatoms. The maximum absolute atomic E-state index is 12.3. The zero-order chi connectivity index (χ0) is 19.6. The highest BCUT2D eigenvalue weighted by Gasteiger charge is 2.32. The minimum atomic E-state index is -0.429. The van der Waals surface area contributed by atoms with Crippen LogP contribution in [0.2, 0.25) is 0 Å². The van der Waals surface area contributed by atoms with Crippen LogP contribution in [0.15, 0.2) is 40.4 Å². The molecule has 1 saturated heterocycles. The Labute approximate surface area is 156 Å². The summed E-state index contributed by atoms with van der Waals surface area (Å²) in [5, 5.41) is 2.56. The average molecular weight is 368 g/mol. The topological polar surface area (TPSA) is 88.8 Å². The van der Waals surface area contributed by atoms with E-state index >= 15 is 0 Å². The molecule has 3 amide bonds. The summed E-state index contributed by atoms with van der Waals surface area (Å²) in [6, 6.07) is 8.30. The predicted octanol–water partition coefficient (Wildman–Crippen LogP) is 3.34. The molecule has 0 saturated carbocycles. The van der Waals surface area contributed by atoms with Gasteiger partial charge >= 0.3 is 12.0 Å². The van der Waals surface area contributed by atoms with Gasteiger partial charge in [-0.1, -0.05) is 19.1 Å². The summed E-state index contributed by atoms with van der Waals surface area (Å²) in [7, 11) is 1.33. The molecule has 140 valence electrons. The minimum absolute atomic E-state index is 0.175. The van der Waals surface area contributed by atoms with Crippen LogP contribution in [-0.2, 0) is 9.53 Å². The minimum Gasteiger partial charge on any atom is -0.465 e. The monoisotopic (exact) mass is 368 g/mol. The molecule has 0 bridgehead atoms. The van der Waals surface area contributed by atoms with E-state index in [1.807, 2.05) is 19.9 Å². The van der Waals surface area contributed by atoms with E-state index in [0.717, 1.165) is 11.1 Å². The van der Waals surface area contributed by atoms with Gasteiger partial charge in [0.25, 0.3) is 5.91 Å². The maximum Gasteiger partial charge on any atom is 0.338 e. The first kappa shape index (κ1) is 18.4. The van der Waals surface area contributed by atoms with Gasteiger partial charge in [-0.05, 0) is 37.1 Å². The summed E-state index contributed by atoms with van der Waals surface area (Å²) in [4.78, 5) is 37.2. The molecular weight excluding hydrogens is 348 g/mol. The maximum atomic E-state index is 12.3. The van der Waals surface area contributed by atoms with Gasteiger partial charge in [0.05, 0.1) is 12.7 Å². The summed E-state index contributed by atoms with van der Waals surface area (Å²) in [5.74, 6) is 0.185. The van der Waals surface area contributed by atoms with E-state index in [9.17, 15) is 14.4 Å². The molecule has 1 aliphatic rings. The second-order valence-corrected chi connectivity index (χ2v) is 6.12. The molecule has 0 radical (unpaired) electrons. The molecule has 27 heavy (non-hydrogen) atoms. The van der Waals surface area contributed by atoms with Crippen LogP contribution < -0.4 is 5.32 Å². The number of urea groups is 1. The average Bonchev–Trinajstić information content (AvgIpc) is 3.22. The number of carbonyl (C=O) groups excluding carboxylic acids is 3. The Balaban J connectivity index is 1.89. The lowest BCUT2D eigenvalue weighted by Crippen LogP contribution is -2.31. The van der Waals surface area contributed by atoms with E-state index in [2.05, 4.69) is 5.32 Å². The fraction of sp³-hybridized carbons (Fsp3) is 0.250. The number of benzene rings is 1. The van der Waals surface area contributed by atoms with E-state index in [-0.39, 0.29) is 11.6 Å². The third kappa shape index (κ3) is 3.48. The number of furan rings is 1. The zero-order valence-electron chi connectivity index (χ0n) is 15.4. The third-order valence-corrected chi connectivity index (χ3v) is 4.33. The molecule has 0 spiro atoms. The van der Waals surface area contributed by atoms with Crippen LogP contribution in [-0.4, -0.2) is 36.5 Å². The van der Waals surface area contributed by atoms with E-state index < -0.39 is 12.0 Å². The Morgan fingerprint density at radius 3 is 2.74 bits per heavy atom. The Hall–Kier alpha value is -3.35. The first-order valence-electron chi connectivity index (χ1n) is 8.59. The Bertz CT molecular complexity index is 942. The molecule has 1 aromatic carbocycles.